The number of carbonyl (C=O) groups is 3. The summed E-state index contributed by atoms with van der Waals surface area (Å²) in [6, 6.07) is 12.9. The van der Waals surface area contributed by atoms with Crippen molar-refractivity contribution in [2.24, 2.45) is 0 Å². The molecule has 1 aromatic carbocycles. The molecule has 2 atom stereocenters. The smallest absolute Gasteiger partial charge is 0.248 e. The van der Waals surface area contributed by atoms with Crippen molar-refractivity contribution in [3.05, 3.63) is 63.2 Å². The predicted molar refractivity (Wildman–Crippen MR) is 155 cm³/mol. The number of nitrogens with one attached hydrogen (secondary N) is 2. The largest absolute Gasteiger partial charge is 0.332 e. The molecule has 0 saturated carbocycles. The Morgan fingerprint density at radius 3 is 2.67 bits per heavy atom. The quantitative estimate of drug-likeness (QED) is 0.407. The molecule has 4 heterocycles. The molecular weight excluding hydrogens is 574 g/mol. The number of aromatic nitrogens is 1. The van der Waals surface area contributed by atoms with Crippen molar-refractivity contribution >= 4 is 73.5 Å². The normalized spacial score (nSPS) is 20.0. The minimum Gasteiger partial charge on any atom is -0.332 e. The van der Waals surface area contributed by atoms with E-state index in [1.165, 1.54) is 27.2 Å². The zero-order valence-corrected chi connectivity index (χ0v) is 23.8. The fourth-order valence-corrected chi connectivity index (χ4v) is 7.03. The van der Waals surface area contributed by atoms with Crippen LogP contribution in [0.4, 0.5) is 5.82 Å². The van der Waals surface area contributed by atoms with Crippen LogP contribution in [0, 0.1) is 0 Å². The van der Waals surface area contributed by atoms with Crippen LogP contribution in [-0.4, -0.2) is 72.6 Å². The van der Waals surface area contributed by atoms with E-state index in [0.717, 1.165) is 16.3 Å². The van der Waals surface area contributed by atoms with Crippen LogP contribution in [0.5, 0.6) is 0 Å². The highest BCUT2D eigenvalue weighted by Crippen LogP contribution is 2.24. The van der Waals surface area contributed by atoms with E-state index in [1.54, 1.807) is 18.2 Å². The zero-order valence-electron chi connectivity index (χ0n) is 21.5. The number of pyridine rings is 1. The van der Waals surface area contributed by atoms with Crippen LogP contribution in [0.15, 0.2) is 53.9 Å². The van der Waals surface area contributed by atoms with E-state index >= 15 is 0 Å². The van der Waals surface area contributed by atoms with Gasteiger partial charge in [0.2, 0.25) is 27.7 Å². The number of amides is 3. The van der Waals surface area contributed by atoms with Crippen LogP contribution in [0.25, 0.3) is 17.0 Å². The molecule has 10 nitrogen and oxygen atoms in total. The average Bonchev–Trinajstić information content (AvgIpc) is 3.59. The number of sulfonamides is 1. The number of fused-ring (bicyclic) bond motifs is 1. The maximum atomic E-state index is 13.2. The topological polar surface area (TPSA) is 129 Å². The third-order valence-corrected chi connectivity index (χ3v) is 9.20. The van der Waals surface area contributed by atoms with Crippen molar-refractivity contribution in [1.82, 2.24) is 19.5 Å². The second-order valence-corrected chi connectivity index (χ2v) is 13.0. The van der Waals surface area contributed by atoms with Crippen molar-refractivity contribution < 1.29 is 22.8 Å². The van der Waals surface area contributed by atoms with Crippen LogP contribution in [0.3, 0.4) is 0 Å². The molecule has 40 heavy (non-hydrogen) atoms. The first-order valence-corrected chi connectivity index (χ1v) is 15.6. The number of carbonyl (C=O) groups excluding carboxylic acids is 3. The molecule has 2 aliphatic rings. The van der Waals surface area contributed by atoms with Crippen molar-refractivity contribution in [1.29, 1.82) is 0 Å². The number of hydrogen-bond donors (Lipinski definition) is 2. The molecule has 2 fully saturated rings. The van der Waals surface area contributed by atoms with Crippen LogP contribution in [-0.2, 0) is 24.4 Å². The molecule has 0 unspecified atom stereocenters. The predicted octanol–water partition coefficient (Wildman–Crippen LogP) is 3.46. The lowest BCUT2D eigenvalue weighted by Crippen LogP contribution is -2.55. The summed E-state index contributed by atoms with van der Waals surface area (Å²) in [6.07, 6.45) is 3.44. The maximum absolute atomic E-state index is 13.2. The molecule has 0 spiro atoms. The van der Waals surface area contributed by atoms with Crippen molar-refractivity contribution in [2.75, 3.05) is 25.0 Å². The fourth-order valence-electron chi connectivity index (χ4n) is 4.96. The molecule has 0 aliphatic carbocycles. The Hall–Kier alpha value is -3.32. The number of anilines is 1. The third kappa shape index (κ3) is 6.69. The Bertz CT molecular complexity index is 1570. The number of thiophene rings is 1. The van der Waals surface area contributed by atoms with E-state index < -0.39 is 28.0 Å². The molecule has 2 aliphatic heterocycles. The van der Waals surface area contributed by atoms with Crippen LogP contribution < -0.4 is 10.0 Å². The molecule has 2 N–H and O–H groups in total. The van der Waals surface area contributed by atoms with Gasteiger partial charge in [-0.1, -0.05) is 29.8 Å². The van der Waals surface area contributed by atoms with E-state index in [0.29, 0.717) is 53.8 Å². The Labute approximate surface area is 241 Å². The molecule has 210 valence electrons. The summed E-state index contributed by atoms with van der Waals surface area (Å²) in [5.41, 5.74) is 0.750. The number of rotatable bonds is 8. The molecule has 0 bridgehead atoms. The molecule has 0 radical (unpaired) electrons. The first kappa shape index (κ1) is 28.2. The number of halogens is 1. The van der Waals surface area contributed by atoms with Gasteiger partial charge in [-0.15, -0.1) is 11.3 Å². The SMILES string of the molecule is O=C(Nc1ccc2ccccc2n1)[C@@H]1CCCN1C(=O)CN1CCC[C@H](NS(=O)(=O)/C=C/c2ccc(Cl)s2)C1=O. The van der Waals surface area contributed by atoms with Gasteiger partial charge in [-0.05, 0) is 62.1 Å². The number of likely N-dealkylation sites (tertiary alicyclic amines) is 2. The molecule has 5 rings (SSSR count). The summed E-state index contributed by atoms with van der Waals surface area (Å²) >= 11 is 7.12. The third-order valence-electron chi connectivity index (χ3n) is 6.89. The monoisotopic (exact) mass is 601 g/mol. The van der Waals surface area contributed by atoms with Crippen molar-refractivity contribution in [2.45, 2.75) is 37.8 Å². The van der Waals surface area contributed by atoms with E-state index in [-0.39, 0.29) is 18.4 Å². The van der Waals surface area contributed by atoms with Crippen molar-refractivity contribution in [3.63, 3.8) is 0 Å². The molecule has 13 heteroatoms. The van der Waals surface area contributed by atoms with Gasteiger partial charge in [0.1, 0.15) is 17.9 Å². The summed E-state index contributed by atoms with van der Waals surface area (Å²) in [6.45, 7) is 0.508. The average molecular weight is 602 g/mol. The summed E-state index contributed by atoms with van der Waals surface area (Å²) in [4.78, 5) is 47.4. The number of para-hydroxylation sites is 1. The molecule has 3 amide bonds. The number of piperidine rings is 1. The Morgan fingerprint density at radius 1 is 1.07 bits per heavy atom. The first-order valence-electron chi connectivity index (χ1n) is 12.9. The van der Waals surface area contributed by atoms with Gasteiger partial charge in [0.05, 0.1) is 16.4 Å². The highest BCUT2D eigenvalue weighted by molar-refractivity contribution is 7.92. The minimum absolute atomic E-state index is 0.224. The van der Waals surface area contributed by atoms with E-state index in [4.69, 9.17) is 11.6 Å². The molecule has 3 aromatic rings. The van der Waals surface area contributed by atoms with Gasteiger partial charge >= 0.3 is 0 Å². The maximum Gasteiger partial charge on any atom is 0.248 e. The van der Waals surface area contributed by atoms with Gasteiger partial charge in [-0.3, -0.25) is 14.4 Å². The lowest BCUT2D eigenvalue weighted by molar-refractivity contribution is -0.144. The van der Waals surface area contributed by atoms with Gasteiger partial charge in [0.25, 0.3) is 0 Å². The van der Waals surface area contributed by atoms with Gasteiger partial charge < -0.3 is 15.1 Å². The molecule has 2 saturated heterocycles. The lowest BCUT2D eigenvalue weighted by atomic mass is 10.1. The Morgan fingerprint density at radius 2 is 1.88 bits per heavy atom. The second kappa shape index (κ2) is 12.0. The second-order valence-electron chi connectivity index (χ2n) is 9.69. The summed E-state index contributed by atoms with van der Waals surface area (Å²) < 4.78 is 28.1. The highest BCUT2D eigenvalue weighted by Gasteiger charge is 2.37. The minimum atomic E-state index is -3.90. The number of hydrogen-bond acceptors (Lipinski definition) is 7. The Kier molecular flexibility index (Phi) is 8.50. The first-order chi connectivity index (χ1) is 19.2. The van der Waals surface area contributed by atoms with Gasteiger partial charge in [0, 0.05) is 28.8 Å². The number of benzene rings is 1. The van der Waals surface area contributed by atoms with Gasteiger partial charge in [-0.25, -0.2) is 13.4 Å². The summed E-state index contributed by atoms with van der Waals surface area (Å²) in [5.74, 6) is -0.740. The summed E-state index contributed by atoms with van der Waals surface area (Å²) in [5, 5.41) is 4.77. The highest BCUT2D eigenvalue weighted by atomic mass is 35.5. The van der Waals surface area contributed by atoms with Gasteiger partial charge in [-0.2, -0.15) is 4.72 Å². The van der Waals surface area contributed by atoms with E-state index in [9.17, 15) is 22.8 Å². The standard InChI is InChI=1S/C27H28ClN5O5S2/c28-23-11-10-19(39-23)13-16-40(37,38)31-21-7-3-14-32(27(21)36)17-25(34)33-15-4-8-22(33)26(35)30-24-12-9-18-5-1-2-6-20(18)29-24/h1-2,5-6,9-13,16,21-22,31H,3-4,7-8,14-15,17H2,(H,29,30,35)/b16-13+/t21-,22-/m0/s1. The zero-order chi connectivity index (χ0) is 28.3. The van der Waals surface area contributed by atoms with Crippen LogP contribution in [0.2, 0.25) is 4.34 Å². The van der Waals surface area contributed by atoms with E-state index in [1.807, 2.05) is 30.3 Å². The fraction of sp³-hybridized carbons (Fsp3) is 0.333. The van der Waals surface area contributed by atoms with E-state index in [2.05, 4.69) is 15.0 Å². The molecule has 2 aromatic heterocycles. The van der Waals surface area contributed by atoms with Crippen LogP contribution in [0.1, 0.15) is 30.6 Å². The lowest BCUT2D eigenvalue weighted by Gasteiger charge is -2.33. The number of nitrogens with zero attached hydrogens (tertiary/aromatic N) is 3. The van der Waals surface area contributed by atoms with Crippen molar-refractivity contribution in [3.8, 4) is 0 Å². The van der Waals surface area contributed by atoms with Crippen LogP contribution >= 0.6 is 22.9 Å². The summed E-state index contributed by atoms with van der Waals surface area (Å²) in [7, 11) is -3.90. The van der Waals surface area contributed by atoms with Gasteiger partial charge in [0.15, 0.2) is 0 Å². The molecular formula is C27H28ClN5O5S2. The Balaban J connectivity index is 1.19.